The predicted molar refractivity (Wildman–Crippen MR) is 81.7 cm³/mol. The minimum absolute atomic E-state index is 0.272. The second-order valence-electron chi connectivity index (χ2n) is 5.86. The van der Waals surface area contributed by atoms with Crippen LogP contribution in [-0.4, -0.2) is 39.1 Å². The number of sulfone groups is 1. The minimum atomic E-state index is -2.80. The second kappa shape index (κ2) is 5.37. The third kappa shape index (κ3) is 2.56. The fraction of sp³-hybridized carbons (Fsp3) is 0.600. The predicted octanol–water partition coefficient (Wildman–Crippen LogP) is 1.20. The molecule has 1 fully saturated rings. The molecule has 2 heterocycles. The average molecular weight is 294 g/mol. The van der Waals surface area contributed by atoms with E-state index in [0.717, 1.165) is 25.8 Å². The quantitative estimate of drug-likeness (QED) is 0.910. The van der Waals surface area contributed by atoms with Crippen molar-refractivity contribution in [3.05, 3.63) is 29.8 Å². The summed E-state index contributed by atoms with van der Waals surface area (Å²) in [4.78, 5) is 2.40. The average Bonchev–Trinajstić information content (AvgIpc) is 2.86. The Morgan fingerprint density at radius 2 is 1.95 bits per heavy atom. The van der Waals surface area contributed by atoms with Crippen molar-refractivity contribution in [2.75, 3.05) is 29.5 Å². The number of para-hydroxylation sites is 1. The largest absolute Gasteiger partial charge is 0.366 e. The first-order valence-corrected chi connectivity index (χ1v) is 9.18. The van der Waals surface area contributed by atoms with Gasteiger partial charge in [0.15, 0.2) is 0 Å². The van der Waals surface area contributed by atoms with Crippen molar-refractivity contribution < 1.29 is 8.42 Å². The molecule has 2 N–H and O–H groups in total. The Bertz CT molecular complexity index is 571. The van der Waals surface area contributed by atoms with E-state index in [-0.39, 0.29) is 6.04 Å². The monoisotopic (exact) mass is 294 g/mol. The van der Waals surface area contributed by atoms with Gasteiger partial charge in [-0.05, 0) is 36.8 Å². The van der Waals surface area contributed by atoms with E-state index in [1.54, 1.807) is 0 Å². The summed E-state index contributed by atoms with van der Waals surface area (Å²) < 4.78 is 23.2. The molecule has 0 amide bonds. The van der Waals surface area contributed by atoms with E-state index in [9.17, 15) is 8.42 Å². The zero-order valence-corrected chi connectivity index (χ0v) is 12.5. The smallest absolute Gasteiger partial charge is 0.150 e. The topological polar surface area (TPSA) is 63.4 Å². The normalized spacial score (nSPS) is 23.6. The van der Waals surface area contributed by atoms with Gasteiger partial charge in [-0.1, -0.05) is 18.2 Å². The lowest BCUT2D eigenvalue weighted by Gasteiger charge is -2.37. The SMILES string of the molecule is NCC(C1CCS(=O)(=O)CC1)N1CCc2ccccc21. The van der Waals surface area contributed by atoms with Gasteiger partial charge in [0.25, 0.3) is 0 Å². The van der Waals surface area contributed by atoms with Gasteiger partial charge in [-0.15, -0.1) is 0 Å². The molecule has 0 spiro atoms. The van der Waals surface area contributed by atoms with Crippen LogP contribution in [0, 0.1) is 5.92 Å². The van der Waals surface area contributed by atoms with E-state index in [2.05, 4.69) is 29.2 Å². The lowest BCUT2D eigenvalue weighted by molar-refractivity contribution is 0.372. The van der Waals surface area contributed by atoms with Crippen LogP contribution < -0.4 is 10.6 Å². The molecule has 0 aliphatic carbocycles. The number of hydrogen-bond acceptors (Lipinski definition) is 4. The summed E-state index contributed by atoms with van der Waals surface area (Å²) in [6.07, 6.45) is 2.57. The third-order valence-corrected chi connectivity index (χ3v) is 6.42. The zero-order valence-electron chi connectivity index (χ0n) is 11.7. The van der Waals surface area contributed by atoms with E-state index >= 15 is 0 Å². The van der Waals surface area contributed by atoms with Crippen LogP contribution in [0.5, 0.6) is 0 Å². The molecule has 110 valence electrons. The third-order valence-electron chi connectivity index (χ3n) is 4.71. The van der Waals surface area contributed by atoms with Crippen LogP contribution in [0.2, 0.25) is 0 Å². The van der Waals surface area contributed by atoms with Gasteiger partial charge in [0, 0.05) is 24.8 Å². The lowest BCUT2D eigenvalue weighted by atomic mass is 9.92. The summed E-state index contributed by atoms with van der Waals surface area (Å²) in [5.41, 5.74) is 8.69. The highest BCUT2D eigenvalue weighted by atomic mass is 32.2. The molecule has 2 aliphatic heterocycles. The Morgan fingerprint density at radius 3 is 2.65 bits per heavy atom. The molecular formula is C15H22N2O2S. The summed E-state index contributed by atoms with van der Waals surface area (Å²) in [6.45, 7) is 1.60. The molecular weight excluding hydrogens is 272 g/mol. The highest BCUT2D eigenvalue weighted by Crippen LogP contribution is 2.34. The Hall–Kier alpha value is -1.07. The van der Waals surface area contributed by atoms with Gasteiger partial charge >= 0.3 is 0 Å². The Labute approximate surface area is 120 Å². The van der Waals surface area contributed by atoms with Crippen molar-refractivity contribution in [3.8, 4) is 0 Å². The van der Waals surface area contributed by atoms with Crippen molar-refractivity contribution >= 4 is 15.5 Å². The lowest BCUT2D eigenvalue weighted by Crippen LogP contribution is -2.47. The zero-order chi connectivity index (χ0) is 14.2. The van der Waals surface area contributed by atoms with Gasteiger partial charge in [-0.2, -0.15) is 0 Å². The first-order chi connectivity index (χ1) is 9.61. The van der Waals surface area contributed by atoms with Crippen LogP contribution in [0.1, 0.15) is 18.4 Å². The summed E-state index contributed by atoms with van der Waals surface area (Å²) >= 11 is 0. The van der Waals surface area contributed by atoms with E-state index < -0.39 is 9.84 Å². The van der Waals surface area contributed by atoms with Crippen LogP contribution in [0.3, 0.4) is 0 Å². The molecule has 2 aliphatic rings. The molecule has 0 saturated carbocycles. The molecule has 1 aromatic rings. The van der Waals surface area contributed by atoms with Gasteiger partial charge in [0.1, 0.15) is 9.84 Å². The number of nitrogens with zero attached hydrogens (tertiary/aromatic N) is 1. The maximum atomic E-state index is 11.6. The highest BCUT2D eigenvalue weighted by Gasteiger charge is 2.34. The summed E-state index contributed by atoms with van der Waals surface area (Å²) in [7, 11) is -2.80. The van der Waals surface area contributed by atoms with Crippen LogP contribution in [0.4, 0.5) is 5.69 Å². The maximum absolute atomic E-state index is 11.6. The van der Waals surface area contributed by atoms with E-state index in [1.807, 2.05) is 0 Å². The van der Waals surface area contributed by atoms with Gasteiger partial charge in [-0.25, -0.2) is 8.42 Å². The van der Waals surface area contributed by atoms with Crippen molar-refractivity contribution in [1.29, 1.82) is 0 Å². The molecule has 1 saturated heterocycles. The summed E-state index contributed by atoms with van der Waals surface area (Å²) in [5, 5.41) is 0. The van der Waals surface area contributed by atoms with Crippen molar-refractivity contribution in [2.24, 2.45) is 11.7 Å². The van der Waals surface area contributed by atoms with E-state index in [4.69, 9.17) is 5.73 Å². The number of anilines is 1. The maximum Gasteiger partial charge on any atom is 0.150 e. The molecule has 0 bridgehead atoms. The number of fused-ring (bicyclic) bond motifs is 1. The molecule has 1 aromatic carbocycles. The minimum Gasteiger partial charge on any atom is -0.366 e. The molecule has 1 unspecified atom stereocenters. The number of rotatable bonds is 3. The fourth-order valence-corrected chi connectivity index (χ4v) is 5.10. The van der Waals surface area contributed by atoms with Crippen molar-refractivity contribution in [3.63, 3.8) is 0 Å². The van der Waals surface area contributed by atoms with Crippen LogP contribution in [0.25, 0.3) is 0 Å². The van der Waals surface area contributed by atoms with E-state index in [0.29, 0.717) is 24.0 Å². The molecule has 1 atom stereocenters. The van der Waals surface area contributed by atoms with E-state index in [1.165, 1.54) is 11.3 Å². The number of hydrogen-bond donors (Lipinski definition) is 1. The molecule has 3 rings (SSSR count). The second-order valence-corrected chi connectivity index (χ2v) is 8.17. The highest BCUT2D eigenvalue weighted by molar-refractivity contribution is 7.91. The molecule has 20 heavy (non-hydrogen) atoms. The number of nitrogens with two attached hydrogens (primary N) is 1. The first kappa shape index (κ1) is 13.9. The van der Waals surface area contributed by atoms with Crippen LogP contribution in [0.15, 0.2) is 24.3 Å². The summed E-state index contributed by atoms with van der Waals surface area (Å²) in [6, 6.07) is 8.75. The molecule has 4 nitrogen and oxygen atoms in total. The number of benzene rings is 1. The van der Waals surface area contributed by atoms with Gasteiger partial charge < -0.3 is 10.6 Å². The molecule has 0 aromatic heterocycles. The fourth-order valence-electron chi connectivity index (χ4n) is 3.58. The summed E-state index contributed by atoms with van der Waals surface area (Å²) in [5.74, 6) is 1.04. The Balaban J connectivity index is 1.78. The molecule has 5 heteroatoms. The van der Waals surface area contributed by atoms with Crippen LogP contribution in [-0.2, 0) is 16.3 Å². The standard InChI is InChI=1S/C15H22N2O2S/c16-11-15(13-6-9-20(18,19)10-7-13)17-8-5-12-3-1-2-4-14(12)17/h1-4,13,15H,5-11,16H2. The molecule has 0 radical (unpaired) electrons. The van der Waals surface area contributed by atoms with Crippen LogP contribution >= 0.6 is 0 Å². The van der Waals surface area contributed by atoms with Gasteiger partial charge in [0.05, 0.1) is 11.5 Å². The van der Waals surface area contributed by atoms with Crippen molar-refractivity contribution in [1.82, 2.24) is 0 Å². The first-order valence-electron chi connectivity index (χ1n) is 7.36. The Morgan fingerprint density at radius 1 is 1.25 bits per heavy atom. The van der Waals surface area contributed by atoms with Gasteiger partial charge in [0.2, 0.25) is 0 Å². The van der Waals surface area contributed by atoms with Gasteiger partial charge in [-0.3, -0.25) is 0 Å². The Kier molecular flexibility index (Phi) is 3.73. The van der Waals surface area contributed by atoms with Crippen molar-refractivity contribution in [2.45, 2.75) is 25.3 Å².